The fourth-order valence-corrected chi connectivity index (χ4v) is 1.40. The van der Waals surface area contributed by atoms with Crippen LogP contribution < -0.4 is 0 Å². The lowest BCUT2D eigenvalue weighted by Gasteiger charge is -2.22. The van der Waals surface area contributed by atoms with Gasteiger partial charge in [0.15, 0.2) is 0 Å². The van der Waals surface area contributed by atoms with Crippen molar-refractivity contribution < 1.29 is 0 Å². The highest BCUT2D eigenvalue weighted by Gasteiger charge is 2.12. The zero-order valence-electron chi connectivity index (χ0n) is 11.3. The largest absolute Gasteiger partial charge is 0.335 e. The van der Waals surface area contributed by atoms with Crippen LogP contribution in [-0.4, -0.2) is 18.3 Å². The topological polar surface area (TPSA) is 15.6 Å². The van der Waals surface area contributed by atoms with Crippen LogP contribution in [0.25, 0.3) is 5.70 Å². The van der Waals surface area contributed by atoms with Gasteiger partial charge in [-0.15, -0.1) is 0 Å². The molecule has 0 saturated heterocycles. The van der Waals surface area contributed by atoms with E-state index >= 15 is 0 Å². The maximum Gasteiger partial charge on any atom is 0.0954 e. The first-order valence-electron chi connectivity index (χ1n) is 6.17. The van der Waals surface area contributed by atoms with E-state index in [1.54, 1.807) is 6.34 Å². The Morgan fingerprint density at radius 3 is 2.47 bits per heavy atom. The smallest absolute Gasteiger partial charge is 0.0954 e. The van der Waals surface area contributed by atoms with Gasteiger partial charge in [0.1, 0.15) is 0 Å². The maximum atomic E-state index is 4.31. The Bertz CT molecular complexity index is 417. The van der Waals surface area contributed by atoms with Crippen LogP contribution in [-0.2, 0) is 0 Å². The SMILES string of the molecule is C=C1c2cc(C)ccc2N=CN1C.CCCC. The molecule has 2 rings (SSSR count). The van der Waals surface area contributed by atoms with Crippen molar-refractivity contribution in [3.8, 4) is 0 Å². The molecule has 0 saturated carbocycles. The quantitative estimate of drug-likeness (QED) is 0.699. The van der Waals surface area contributed by atoms with Gasteiger partial charge in [-0.2, -0.15) is 0 Å². The van der Waals surface area contributed by atoms with Crippen molar-refractivity contribution in [1.82, 2.24) is 4.90 Å². The lowest BCUT2D eigenvalue weighted by atomic mass is 10.1. The van der Waals surface area contributed by atoms with Gasteiger partial charge in [-0.1, -0.05) is 44.9 Å². The van der Waals surface area contributed by atoms with E-state index < -0.39 is 0 Å². The summed E-state index contributed by atoms with van der Waals surface area (Å²) in [4.78, 5) is 6.24. The average molecular weight is 230 g/mol. The fraction of sp³-hybridized carbons (Fsp3) is 0.400. The number of hydrogen-bond acceptors (Lipinski definition) is 2. The molecule has 1 aromatic carbocycles. The van der Waals surface area contributed by atoms with E-state index in [9.17, 15) is 0 Å². The van der Waals surface area contributed by atoms with Gasteiger partial charge in [-0.3, -0.25) is 0 Å². The summed E-state index contributed by atoms with van der Waals surface area (Å²) in [6.07, 6.45) is 4.43. The third kappa shape index (κ3) is 3.45. The second-order valence-electron chi connectivity index (χ2n) is 4.32. The summed E-state index contributed by atoms with van der Waals surface area (Å²) in [5, 5.41) is 0. The lowest BCUT2D eigenvalue weighted by Crippen LogP contribution is -2.16. The van der Waals surface area contributed by atoms with Crippen molar-refractivity contribution in [3.63, 3.8) is 0 Å². The molecule has 0 amide bonds. The molecular formula is C15H22N2. The highest BCUT2D eigenvalue weighted by molar-refractivity contribution is 5.86. The van der Waals surface area contributed by atoms with Crippen molar-refractivity contribution in [1.29, 1.82) is 0 Å². The molecule has 0 spiro atoms. The normalized spacial score (nSPS) is 12.9. The molecule has 0 atom stereocenters. The predicted molar refractivity (Wildman–Crippen MR) is 76.7 cm³/mol. The number of fused-ring (bicyclic) bond motifs is 1. The zero-order chi connectivity index (χ0) is 12.8. The highest BCUT2D eigenvalue weighted by Crippen LogP contribution is 2.30. The minimum Gasteiger partial charge on any atom is -0.335 e. The Kier molecular flexibility index (Phi) is 4.95. The number of unbranched alkanes of at least 4 members (excludes halogenated alkanes) is 1. The summed E-state index contributed by atoms with van der Waals surface area (Å²) in [6.45, 7) is 10.4. The summed E-state index contributed by atoms with van der Waals surface area (Å²) < 4.78 is 0. The van der Waals surface area contributed by atoms with Gasteiger partial charge in [0.25, 0.3) is 0 Å². The van der Waals surface area contributed by atoms with E-state index in [0.717, 1.165) is 16.9 Å². The van der Waals surface area contributed by atoms with Crippen molar-refractivity contribution >= 4 is 17.7 Å². The Morgan fingerprint density at radius 2 is 1.88 bits per heavy atom. The van der Waals surface area contributed by atoms with E-state index in [-0.39, 0.29) is 0 Å². The van der Waals surface area contributed by atoms with Crippen LogP contribution in [0.3, 0.4) is 0 Å². The van der Waals surface area contributed by atoms with Crippen LogP contribution in [0.1, 0.15) is 37.8 Å². The molecule has 92 valence electrons. The number of rotatable bonds is 1. The lowest BCUT2D eigenvalue weighted by molar-refractivity contribution is 0.736. The van der Waals surface area contributed by atoms with Crippen LogP contribution in [0, 0.1) is 6.92 Å². The van der Waals surface area contributed by atoms with Gasteiger partial charge in [-0.25, -0.2) is 4.99 Å². The number of aryl methyl sites for hydroxylation is 1. The van der Waals surface area contributed by atoms with Gasteiger partial charge in [0.2, 0.25) is 0 Å². The monoisotopic (exact) mass is 230 g/mol. The highest BCUT2D eigenvalue weighted by atomic mass is 15.2. The molecule has 2 heteroatoms. The van der Waals surface area contributed by atoms with Gasteiger partial charge in [0, 0.05) is 18.3 Å². The third-order valence-corrected chi connectivity index (χ3v) is 2.76. The van der Waals surface area contributed by atoms with E-state index in [1.807, 2.05) is 18.0 Å². The standard InChI is InChI=1S/C11H12N2.C4H10/c1-8-4-5-11-10(6-8)9(2)13(3)7-12-11;1-3-4-2/h4-7H,2H2,1,3H3;3-4H2,1-2H3. The van der Waals surface area contributed by atoms with Gasteiger partial charge >= 0.3 is 0 Å². The van der Waals surface area contributed by atoms with Crippen LogP contribution >= 0.6 is 0 Å². The molecule has 17 heavy (non-hydrogen) atoms. The van der Waals surface area contributed by atoms with Crippen LogP contribution in [0.15, 0.2) is 29.8 Å². The Balaban J connectivity index is 0.000000317. The summed E-state index contributed by atoms with van der Waals surface area (Å²) in [7, 11) is 1.96. The summed E-state index contributed by atoms with van der Waals surface area (Å²) in [5.74, 6) is 0. The Morgan fingerprint density at radius 1 is 1.24 bits per heavy atom. The first kappa shape index (κ1) is 13.5. The molecule has 1 heterocycles. The molecule has 1 aliphatic heterocycles. The zero-order valence-corrected chi connectivity index (χ0v) is 11.3. The van der Waals surface area contributed by atoms with E-state index in [4.69, 9.17) is 0 Å². The van der Waals surface area contributed by atoms with E-state index in [2.05, 4.69) is 44.5 Å². The number of hydrogen-bond donors (Lipinski definition) is 0. The maximum absolute atomic E-state index is 4.31. The molecule has 0 radical (unpaired) electrons. The summed E-state index contributed by atoms with van der Waals surface area (Å²) in [5.41, 5.74) is 4.39. The first-order valence-corrected chi connectivity index (χ1v) is 6.17. The van der Waals surface area contributed by atoms with E-state index in [1.165, 1.54) is 18.4 Å². The third-order valence-electron chi connectivity index (χ3n) is 2.76. The molecule has 1 aliphatic rings. The molecule has 2 nitrogen and oxygen atoms in total. The number of aliphatic imine (C=N–C) groups is 1. The number of nitrogens with zero attached hydrogens (tertiary/aromatic N) is 2. The van der Waals surface area contributed by atoms with E-state index in [0.29, 0.717) is 0 Å². The first-order chi connectivity index (χ1) is 8.10. The Hall–Kier alpha value is -1.57. The Labute approximate surface area is 105 Å². The predicted octanol–water partition coefficient (Wildman–Crippen LogP) is 4.38. The molecule has 0 aliphatic carbocycles. The fourth-order valence-electron chi connectivity index (χ4n) is 1.40. The molecule has 0 unspecified atom stereocenters. The van der Waals surface area contributed by atoms with Crippen LogP contribution in [0.4, 0.5) is 5.69 Å². The molecule has 1 aromatic rings. The van der Waals surface area contributed by atoms with Gasteiger partial charge in [-0.05, 0) is 19.1 Å². The second kappa shape index (κ2) is 6.24. The average Bonchev–Trinajstić information content (AvgIpc) is 2.35. The summed E-state index contributed by atoms with van der Waals surface area (Å²) in [6, 6.07) is 6.21. The summed E-state index contributed by atoms with van der Waals surface area (Å²) >= 11 is 0. The van der Waals surface area contributed by atoms with Crippen molar-refractivity contribution in [2.75, 3.05) is 7.05 Å². The molecule has 0 bridgehead atoms. The second-order valence-corrected chi connectivity index (χ2v) is 4.32. The minimum atomic E-state index is 1.01. The molecule has 0 N–H and O–H groups in total. The van der Waals surface area contributed by atoms with Crippen molar-refractivity contribution in [2.24, 2.45) is 4.99 Å². The van der Waals surface area contributed by atoms with Gasteiger partial charge in [0.05, 0.1) is 12.0 Å². The molecule has 0 fully saturated rings. The van der Waals surface area contributed by atoms with Crippen LogP contribution in [0.5, 0.6) is 0 Å². The molecule has 0 aromatic heterocycles. The van der Waals surface area contributed by atoms with Crippen molar-refractivity contribution in [3.05, 3.63) is 35.9 Å². The minimum absolute atomic E-state index is 1.01. The molecular weight excluding hydrogens is 208 g/mol. The van der Waals surface area contributed by atoms with Crippen LogP contribution in [0.2, 0.25) is 0 Å². The van der Waals surface area contributed by atoms with Gasteiger partial charge < -0.3 is 4.90 Å². The number of benzene rings is 1. The van der Waals surface area contributed by atoms with Crippen molar-refractivity contribution in [2.45, 2.75) is 33.6 Å².